The molecule has 0 radical (unpaired) electrons. The van der Waals surface area contributed by atoms with E-state index in [0.717, 1.165) is 22.4 Å². The van der Waals surface area contributed by atoms with Crippen molar-refractivity contribution in [2.24, 2.45) is 7.05 Å². The van der Waals surface area contributed by atoms with Crippen LogP contribution in [0.5, 0.6) is 0 Å². The Morgan fingerprint density at radius 3 is 2.50 bits per heavy atom. The Morgan fingerprint density at radius 1 is 1.20 bits per heavy atom. The highest BCUT2D eigenvalue weighted by molar-refractivity contribution is 6.31. The van der Waals surface area contributed by atoms with Crippen molar-refractivity contribution in [1.29, 1.82) is 0 Å². The molecule has 0 amide bonds. The fourth-order valence-corrected chi connectivity index (χ4v) is 2.40. The van der Waals surface area contributed by atoms with Crippen LogP contribution in [0.4, 0.5) is 5.82 Å². The Morgan fingerprint density at radius 2 is 1.90 bits per heavy atom. The van der Waals surface area contributed by atoms with Crippen LogP contribution in [0.1, 0.15) is 5.56 Å². The number of hydrogen-bond acceptors (Lipinski definition) is 3. The van der Waals surface area contributed by atoms with Crippen molar-refractivity contribution < 1.29 is 4.42 Å². The molecule has 0 bridgehead atoms. The first kappa shape index (κ1) is 12.8. The van der Waals surface area contributed by atoms with Gasteiger partial charge in [-0.1, -0.05) is 29.8 Å². The molecule has 0 aliphatic heterocycles. The van der Waals surface area contributed by atoms with Gasteiger partial charge in [-0.05, 0) is 30.2 Å². The quantitative estimate of drug-likeness (QED) is 0.778. The second-order valence-corrected chi connectivity index (χ2v) is 5.05. The molecule has 2 heterocycles. The Hall–Kier alpha value is -2.20. The van der Waals surface area contributed by atoms with Crippen molar-refractivity contribution in [3.8, 4) is 22.4 Å². The van der Waals surface area contributed by atoms with Crippen LogP contribution < -0.4 is 5.73 Å². The highest BCUT2D eigenvalue weighted by Gasteiger charge is 2.20. The monoisotopic (exact) mass is 287 g/mol. The fraction of sp³-hybridized carbons (Fsp3) is 0.133. The van der Waals surface area contributed by atoms with E-state index in [-0.39, 0.29) is 0 Å². The first-order chi connectivity index (χ1) is 9.58. The van der Waals surface area contributed by atoms with Gasteiger partial charge in [0.1, 0.15) is 11.5 Å². The van der Waals surface area contributed by atoms with Crippen LogP contribution in [0, 0.1) is 6.92 Å². The number of aryl methyl sites for hydroxylation is 2. The van der Waals surface area contributed by atoms with E-state index in [4.69, 9.17) is 21.8 Å². The SMILES string of the molecule is Cc1ccc(-c2c(-c3ccoc3Cl)nn(C)c2N)cc1. The maximum absolute atomic E-state index is 6.16. The summed E-state index contributed by atoms with van der Waals surface area (Å²) in [5.41, 5.74) is 10.7. The van der Waals surface area contributed by atoms with E-state index >= 15 is 0 Å². The average molecular weight is 288 g/mol. The Labute approximate surface area is 121 Å². The van der Waals surface area contributed by atoms with E-state index < -0.39 is 0 Å². The molecule has 0 unspecified atom stereocenters. The van der Waals surface area contributed by atoms with Crippen molar-refractivity contribution in [2.45, 2.75) is 6.92 Å². The van der Waals surface area contributed by atoms with E-state index in [1.165, 1.54) is 5.56 Å². The van der Waals surface area contributed by atoms with Crippen LogP contribution in [0.15, 0.2) is 41.0 Å². The molecular formula is C15H14ClN3O. The second-order valence-electron chi connectivity index (χ2n) is 4.71. The van der Waals surface area contributed by atoms with Gasteiger partial charge in [0, 0.05) is 7.05 Å². The molecule has 2 N–H and O–H groups in total. The Kier molecular flexibility index (Phi) is 3.03. The molecule has 0 spiro atoms. The standard InChI is InChI=1S/C15H14ClN3O/c1-9-3-5-10(6-4-9)12-13(18-19(2)15(12)17)11-7-8-20-14(11)16/h3-8H,17H2,1-2H3. The molecule has 0 saturated heterocycles. The number of halogens is 1. The third-order valence-corrected chi connectivity index (χ3v) is 3.60. The maximum atomic E-state index is 6.16. The van der Waals surface area contributed by atoms with Gasteiger partial charge in [0.2, 0.25) is 5.22 Å². The minimum absolute atomic E-state index is 0.316. The number of nitrogen functional groups attached to an aromatic ring is 1. The number of hydrogen-bond donors (Lipinski definition) is 1. The molecule has 4 nitrogen and oxygen atoms in total. The van der Waals surface area contributed by atoms with Crippen LogP contribution in [-0.2, 0) is 7.05 Å². The summed E-state index contributed by atoms with van der Waals surface area (Å²) in [7, 11) is 1.81. The van der Waals surface area contributed by atoms with Gasteiger partial charge < -0.3 is 10.2 Å². The molecule has 0 atom stereocenters. The predicted octanol–water partition coefficient (Wildman–Crippen LogP) is 3.89. The summed E-state index contributed by atoms with van der Waals surface area (Å²) < 4.78 is 6.80. The van der Waals surface area contributed by atoms with E-state index in [2.05, 4.69) is 5.10 Å². The van der Waals surface area contributed by atoms with Crippen molar-refractivity contribution in [3.63, 3.8) is 0 Å². The van der Waals surface area contributed by atoms with E-state index in [9.17, 15) is 0 Å². The Bertz CT molecular complexity index is 756. The molecule has 3 aromatic rings. The third kappa shape index (κ3) is 1.98. The summed E-state index contributed by atoms with van der Waals surface area (Å²) in [6, 6.07) is 9.94. The summed E-state index contributed by atoms with van der Waals surface area (Å²) in [6.45, 7) is 2.05. The summed E-state index contributed by atoms with van der Waals surface area (Å²) >= 11 is 6.06. The van der Waals surface area contributed by atoms with Crippen molar-refractivity contribution >= 4 is 17.4 Å². The fourth-order valence-electron chi connectivity index (χ4n) is 2.19. The molecule has 0 saturated carbocycles. The zero-order valence-electron chi connectivity index (χ0n) is 11.2. The molecule has 20 heavy (non-hydrogen) atoms. The van der Waals surface area contributed by atoms with Crippen LogP contribution in [0.3, 0.4) is 0 Å². The summed E-state index contributed by atoms with van der Waals surface area (Å²) in [6.07, 6.45) is 1.54. The smallest absolute Gasteiger partial charge is 0.202 e. The lowest BCUT2D eigenvalue weighted by molar-refractivity contribution is 0.570. The first-order valence-corrected chi connectivity index (χ1v) is 6.58. The molecular weight excluding hydrogens is 274 g/mol. The lowest BCUT2D eigenvalue weighted by Gasteiger charge is -2.04. The van der Waals surface area contributed by atoms with Crippen LogP contribution in [0.25, 0.3) is 22.4 Å². The lowest BCUT2D eigenvalue weighted by atomic mass is 10.0. The summed E-state index contributed by atoms with van der Waals surface area (Å²) in [4.78, 5) is 0. The van der Waals surface area contributed by atoms with Crippen molar-refractivity contribution in [3.05, 3.63) is 47.4 Å². The largest absolute Gasteiger partial charge is 0.452 e. The zero-order chi connectivity index (χ0) is 14.3. The van der Waals surface area contributed by atoms with Gasteiger partial charge in [0.25, 0.3) is 0 Å². The molecule has 3 rings (SSSR count). The molecule has 0 aliphatic carbocycles. The predicted molar refractivity (Wildman–Crippen MR) is 80.5 cm³/mol. The van der Waals surface area contributed by atoms with E-state index in [0.29, 0.717) is 11.0 Å². The maximum Gasteiger partial charge on any atom is 0.202 e. The number of benzene rings is 1. The molecule has 0 aliphatic rings. The first-order valence-electron chi connectivity index (χ1n) is 6.21. The average Bonchev–Trinajstić information content (AvgIpc) is 2.96. The molecule has 0 fully saturated rings. The van der Waals surface area contributed by atoms with E-state index in [1.54, 1.807) is 17.0 Å². The number of rotatable bonds is 2. The van der Waals surface area contributed by atoms with Gasteiger partial charge in [-0.3, -0.25) is 4.68 Å². The van der Waals surface area contributed by atoms with Gasteiger partial charge in [-0.25, -0.2) is 0 Å². The summed E-state index contributed by atoms with van der Waals surface area (Å²) in [5, 5.41) is 4.78. The van der Waals surface area contributed by atoms with E-state index in [1.807, 2.05) is 38.2 Å². The summed E-state index contributed by atoms with van der Waals surface area (Å²) in [5.74, 6) is 0.598. The number of anilines is 1. The topological polar surface area (TPSA) is 57.0 Å². The molecule has 5 heteroatoms. The van der Waals surface area contributed by atoms with Gasteiger partial charge in [0.15, 0.2) is 0 Å². The van der Waals surface area contributed by atoms with Crippen LogP contribution in [-0.4, -0.2) is 9.78 Å². The highest BCUT2D eigenvalue weighted by atomic mass is 35.5. The number of aromatic nitrogens is 2. The minimum atomic E-state index is 0.316. The zero-order valence-corrected chi connectivity index (χ0v) is 12.0. The number of furan rings is 1. The highest BCUT2D eigenvalue weighted by Crippen LogP contribution is 2.39. The van der Waals surface area contributed by atoms with Crippen molar-refractivity contribution in [1.82, 2.24) is 9.78 Å². The minimum Gasteiger partial charge on any atom is -0.452 e. The molecule has 102 valence electrons. The normalized spacial score (nSPS) is 10.9. The number of nitrogens with zero attached hydrogens (tertiary/aromatic N) is 2. The number of nitrogens with two attached hydrogens (primary N) is 1. The van der Waals surface area contributed by atoms with Gasteiger partial charge in [-0.2, -0.15) is 5.10 Å². The molecule has 1 aromatic carbocycles. The van der Waals surface area contributed by atoms with Gasteiger partial charge in [-0.15, -0.1) is 0 Å². The van der Waals surface area contributed by atoms with Crippen LogP contribution in [0.2, 0.25) is 5.22 Å². The Balaban J connectivity index is 2.25. The lowest BCUT2D eigenvalue weighted by Crippen LogP contribution is -1.97. The van der Waals surface area contributed by atoms with Gasteiger partial charge in [0.05, 0.1) is 17.4 Å². The molecule has 2 aromatic heterocycles. The second kappa shape index (κ2) is 4.72. The van der Waals surface area contributed by atoms with Gasteiger partial charge >= 0.3 is 0 Å². The third-order valence-electron chi connectivity index (χ3n) is 3.30. The van der Waals surface area contributed by atoms with Crippen molar-refractivity contribution in [2.75, 3.05) is 5.73 Å². The van der Waals surface area contributed by atoms with Crippen LogP contribution >= 0.6 is 11.6 Å².